The van der Waals surface area contributed by atoms with Crippen LogP contribution in [0.2, 0.25) is 0 Å². The molecule has 0 aromatic carbocycles. The van der Waals surface area contributed by atoms with Crippen molar-refractivity contribution >= 4 is 37.8 Å². The summed E-state index contributed by atoms with van der Waals surface area (Å²) < 4.78 is 31.6. The van der Waals surface area contributed by atoms with E-state index in [0.717, 1.165) is 6.07 Å². The number of hydrogen-bond donors (Lipinski definition) is 2. The Morgan fingerprint density at radius 2 is 2.24 bits per heavy atom. The van der Waals surface area contributed by atoms with Gasteiger partial charge in [-0.25, -0.2) is 17.9 Å². The van der Waals surface area contributed by atoms with Gasteiger partial charge in [0.2, 0.25) is 21.7 Å². The predicted octanol–water partition coefficient (Wildman–Crippen LogP) is 0.639. The highest BCUT2D eigenvalue weighted by Crippen LogP contribution is 2.26. The van der Waals surface area contributed by atoms with E-state index in [1.807, 2.05) is 0 Å². The zero-order valence-electron chi connectivity index (χ0n) is 11.0. The Kier molecular flexibility index (Phi) is 4.40. The molecule has 1 unspecified atom stereocenters. The second kappa shape index (κ2) is 5.78. The zero-order valence-corrected chi connectivity index (χ0v) is 13.4. The number of sulfonamides is 1. The van der Waals surface area contributed by atoms with Crippen molar-refractivity contribution in [3.63, 3.8) is 0 Å². The Hall–Kier alpha value is -1.39. The largest absolute Gasteiger partial charge is 0.475 e. The molecule has 1 amide bonds. The third-order valence-corrected chi connectivity index (χ3v) is 5.48. The molecule has 0 bridgehead atoms. The van der Waals surface area contributed by atoms with Gasteiger partial charge in [0, 0.05) is 32.1 Å². The second-order valence-corrected chi connectivity index (χ2v) is 7.09. The van der Waals surface area contributed by atoms with Gasteiger partial charge < -0.3 is 14.4 Å². The van der Waals surface area contributed by atoms with Gasteiger partial charge in [0.05, 0.1) is 0 Å². The van der Waals surface area contributed by atoms with E-state index in [2.05, 4.69) is 20.7 Å². The smallest absolute Gasteiger partial charge is 0.371 e. The highest BCUT2D eigenvalue weighted by molar-refractivity contribution is 9.10. The van der Waals surface area contributed by atoms with Crippen LogP contribution in [0, 0.1) is 0 Å². The molecule has 0 radical (unpaired) electrons. The van der Waals surface area contributed by atoms with Gasteiger partial charge in [0.25, 0.3) is 0 Å². The van der Waals surface area contributed by atoms with Gasteiger partial charge in [-0.1, -0.05) is 0 Å². The number of hydrogen-bond acceptors (Lipinski definition) is 5. The number of likely N-dealkylation sites (tertiary alicyclic amines) is 1. The van der Waals surface area contributed by atoms with Crippen molar-refractivity contribution in [2.24, 2.45) is 0 Å². The molecule has 1 saturated heterocycles. The van der Waals surface area contributed by atoms with Crippen molar-refractivity contribution in [1.82, 2.24) is 9.62 Å². The van der Waals surface area contributed by atoms with Crippen molar-refractivity contribution in [3.8, 4) is 0 Å². The lowest BCUT2D eigenvalue weighted by atomic mass is 10.1. The molecule has 1 aromatic heterocycles. The lowest BCUT2D eigenvalue weighted by Gasteiger charge is -2.29. The molecule has 2 rings (SSSR count). The maximum Gasteiger partial charge on any atom is 0.371 e. The highest BCUT2D eigenvalue weighted by Gasteiger charge is 2.30. The highest BCUT2D eigenvalue weighted by atomic mass is 79.9. The fraction of sp³-hybridized carbons (Fsp3) is 0.455. The topological polar surface area (TPSA) is 117 Å². The number of carbonyl (C=O) groups excluding carboxylic acids is 1. The van der Waals surface area contributed by atoms with Gasteiger partial charge in [-0.05, 0) is 22.4 Å². The summed E-state index contributed by atoms with van der Waals surface area (Å²) in [5.74, 6) is -1.87. The van der Waals surface area contributed by atoms with Crippen LogP contribution in [0.5, 0.6) is 0 Å². The minimum Gasteiger partial charge on any atom is -0.475 e. The van der Waals surface area contributed by atoms with E-state index >= 15 is 0 Å². The lowest BCUT2D eigenvalue weighted by molar-refractivity contribution is -0.132. The number of halogens is 1. The number of nitrogens with one attached hydrogen (secondary N) is 1. The van der Waals surface area contributed by atoms with Crippen LogP contribution in [0.3, 0.4) is 0 Å². The van der Waals surface area contributed by atoms with Gasteiger partial charge in [0.15, 0.2) is 4.67 Å². The molecule has 0 saturated carbocycles. The van der Waals surface area contributed by atoms with Crippen LogP contribution in [0.25, 0.3) is 0 Å². The van der Waals surface area contributed by atoms with Crippen LogP contribution < -0.4 is 4.72 Å². The van der Waals surface area contributed by atoms with Gasteiger partial charge >= 0.3 is 5.97 Å². The SMILES string of the molecule is CN1CC(NS(=O)(=O)c2cc(C(=O)O)oc2Br)CCC1=O. The van der Waals surface area contributed by atoms with Crippen LogP contribution in [-0.4, -0.2) is 49.9 Å². The number of carboxylic acids is 1. The second-order valence-electron chi connectivity index (χ2n) is 4.68. The van der Waals surface area contributed by atoms with E-state index in [1.54, 1.807) is 7.05 Å². The molecule has 1 aliphatic heterocycles. The summed E-state index contributed by atoms with van der Waals surface area (Å²) in [5, 5.41) is 8.80. The van der Waals surface area contributed by atoms with E-state index in [9.17, 15) is 18.0 Å². The lowest BCUT2D eigenvalue weighted by Crippen LogP contribution is -2.48. The molecule has 8 nitrogen and oxygen atoms in total. The van der Waals surface area contributed by atoms with Gasteiger partial charge in [0.1, 0.15) is 4.90 Å². The fourth-order valence-electron chi connectivity index (χ4n) is 2.03. The molecular weight excluding hydrogens is 368 g/mol. The summed E-state index contributed by atoms with van der Waals surface area (Å²) in [6.07, 6.45) is 0.653. The fourth-order valence-corrected chi connectivity index (χ4v) is 4.23. The van der Waals surface area contributed by atoms with Crippen LogP contribution in [0.15, 0.2) is 20.0 Å². The summed E-state index contributed by atoms with van der Waals surface area (Å²) in [7, 11) is -2.34. The molecule has 1 atom stereocenters. The minimum atomic E-state index is -3.94. The molecule has 1 fully saturated rings. The molecule has 116 valence electrons. The molecule has 2 N–H and O–H groups in total. The third kappa shape index (κ3) is 3.44. The maximum absolute atomic E-state index is 12.2. The summed E-state index contributed by atoms with van der Waals surface area (Å²) in [4.78, 5) is 23.3. The number of amides is 1. The summed E-state index contributed by atoms with van der Waals surface area (Å²) in [5.41, 5.74) is 0. The van der Waals surface area contributed by atoms with E-state index in [1.165, 1.54) is 4.90 Å². The average molecular weight is 381 g/mol. The minimum absolute atomic E-state index is 0.0388. The summed E-state index contributed by atoms with van der Waals surface area (Å²) in [6, 6.07) is 0.514. The van der Waals surface area contributed by atoms with Gasteiger partial charge in [-0.3, -0.25) is 4.79 Å². The predicted molar refractivity (Wildman–Crippen MR) is 74.3 cm³/mol. The summed E-state index contributed by atoms with van der Waals surface area (Å²) in [6.45, 7) is 0.263. The third-order valence-electron chi connectivity index (χ3n) is 3.10. The molecule has 2 heterocycles. The van der Waals surface area contributed by atoms with Crippen LogP contribution in [-0.2, 0) is 14.8 Å². The monoisotopic (exact) mass is 380 g/mol. The molecule has 1 aromatic rings. The standard InChI is InChI=1S/C11H13BrN2O6S/c1-14-5-6(2-3-9(14)15)13-21(18,19)8-4-7(11(16)17)20-10(8)12/h4,6,13H,2-3,5H2,1H3,(H,16,17). The average Bonchev–Trinajstić information content (AvgIpc) is 2.77. The van der Waals surface area contributed by atoms with E-state index in [4.69, 9.17) is 9.52 Å². The Balaban J connectivity index is 2.19. The Morgan fingerprint density at radius 3 is 2.76 bits per heavy atom. The Morgan fingerprint density at radius 1 is 1.57 bits per heavy atom. The van der Waals surface area contributed by atoms with E-state index in [0.29, 0.717) is 6.42 Å². The van der Waals surface area contributed by atoms with Crippen LogP contribution in [0.1, 0.15) is 23.4 Å². The number of rotatable bonds is 4. The first-order valence-corrected chi connectivity index (χ1v) is 8.27. The quantitative estimate of drug-likeness (QED) is 0.791. The van der Waals surface area contributed by atoms with Crippen molar-refractivity contribution in [1.29, 1.82) is 0 Å². The zero-order chi connectivity index (χ0) is 15.8. The number of carbonyl (C=O) groups is 2. The number of piperidine rings is 1. The first-order valence-electron chi connectivity index (χ1n) is 5.99. The molecule has 0 aliphatic carbocycles. The van der Waals surface area contributed by atoms with Crippen LogP contribution in [0.4, 0.5) is 0 Å². The van der Waals surface area contributed by atoms with E-state index < -0.39 is 27.8 Å². The first kappa shape index (κ1) is 16.0. The van der Waals surface area contributed by atoms with Crippen molar-refractivity contribution in [2.75, 3.05) is 13.6 Å². The van der Waals surface area contributed by atoms with Crippen molar-refractivity contribution < 1.29 is 27.5 Å². The maximum atomic E-state index is 12.2. The number of carboxylic acid groups (broad SMARTS) is 1. The normalized spacial score (nSPS) is 19.8. The molecule has 0 spiro atoms. The molecule has 1 aliphatic rings. The van der Waals surface area contributed by atoms with Crippen molar-refractivity contribution in [3.05, 3.63) is 16.5 Å². The number of furan rings is 1. The first-order chi connectivity index (χ1) is 9.70. The van der Waals surface area contributed by atoms with Gasteiger partial charge in [-0.15, -0.1) is 0 Å². The molecule has 21 heavy (non-hydrogen) atoms. The van der Waals surface area contributed by atoms with E-state index in [-0.39, 0.29) is 28.4 Å². The molecule has 10 heteroatoms. The number of nitrogens with zero attached hydrogens (tertiary/aromatic N) is 1. The Bertz CT molecular complexity index is 683. The van der Waals surface area contributed by atoms with Gasteiger partial charge in [-0.2, -0.15) is 0 Å². The van der Waals surface area contributed by atoms with Crippen LogP contribution >= 0.6 is 15.9 Å². The number of aromatic carboxylic acids is 1. The number of likely N-dealkylation sites (N-methyl/N-ethyl adjacent to an activating group) is 1. The van der Waals surface area contributed by atoms with Crippen molar-refractivity contribution in [2.45, 2.75) is 23.8 Å². The summed E-state index contributed by atoms with van der Waals surface area (Å²) >= 11 is 2.89. The molecular formula is C11H13BrN2O6S. The Labute approximate surface area is 129 Å².